The molecule has 2 aromatic carbocycles. The Labute approximate surface area is 195 Å². The van der Waals surface area contributed by atoms with Crippen molar-refractivity contribution in [3.63, 3.8) is 0 Å². The Morgan fingerprint density at radius 1 is 1.00 bits per heavy atom. The summed E-state index contributed by atoms with van der Waals surface area (Å²) in [6, 6.07) is 13.4. The van der Waals surface area contributed by atoms with E-state index in [-0.39, 0.29) is 11.3 Å². The first kappa shape index (κ1) is 24.3. The van der Waals surface area contributed by atoms with Gasteiger partial charge in [-0.25, -0.2) is 0 Å². The van der Waals surface area contributed by atoms with Crippen molar-refractivity contribution in [2.75, 3.05) is 40.4 Å². The lowest BCUT2D eigenvalue weighted by Crippen LogP contribution is -2.33. The van der Waals surface area contributed by atoms with E-state index < -0.39 is 17.7 Å². The number of Topliss-reactive ketones (excluding diaryl/α,β-unsaturated/α-hetero) is 1. The lowest BCUT2D eigenvalue weighted by Gasteiger charge is -2.27. The molecule has 3 rings (SSSR count). The van der Waals surface area contributed by atoms with Crippen LogP contribution < -0.4 is 9.47 Å². The first-order valence-electron chi connectivity index (χ1n) is 11.2. The summed E-state index contributed by atoms with van der Waals surface area (Å²) >= 11 is 0. The van der Waals surface area contributed by atoms with E-state index in [0.29, 0.717) is 35.6 Å². The Kier molecular flexibility index (Phi) is 8.11. The molecule has 7 heteroatoms. The van der Waals surface area contributed by atoms with Crippen LogP contribution in [0.4, 0.5) is 0 Å². The van der Waals surface area contributed by atoms with Gasteiger partial charge in [0.15, 0.2) is 11.5 Å². The number of methoxy groups -OCH3 is 2. The molecular formula is C26H32N2O5. The number of aliphatic hydroxyl groups is 1. The number of aliphatic hydroxyl groups excluding tert-OH is 1. The van der Waals surface area contributed by atoms with Crippen LogP contribution in [-0.2, 0) is 9.59 Å². The van der Waals surface area contributed by atoms with Gasteiger partial charge in [-0.3, -0.25) is 9.59 Å². The minimum absolute atomic E-state index is 0.0845. The molecule has 1 heterocycles. The quantitative estimate of drug-likeness (QED) is 0.335. The van der Waals surface area contributed by atoms with Gasteiger partial charge < -0.3 is 24.4 Å². The van der Waals surface area contributed by atoms with Crippen LogP contribution in [0.5, 0.6) is 11.5 Å². The van der Waals surface area contributed by atoms with Crippen molar-refractivity contribution >= 4 is 17.4 Å². The fourth-order valence-electron chi connectivity index (χ4n) is 4.24. The van der Waals surface area contributed by atoms with Crippen LogP contribution in [-0.4, -0.2) is 67.0 Å². The van der Waals surface area contributed by atoms with Crippen LogP contribution in [0.1, 0.15) is 37.4 Å². The zero-order chi connectivity index (χ0) is 24.0. The topological polar surface area (TPSA) is 79.3 Å². The van der Waals surface area contributed by atoms with E-state index in [1.54, 1.807) is 54.5 Å². The number of nitrogens with zero attached hydrogens (tertiary/aromatic N) is 2. The maximum Gasteiger partial charge on any atom is 0.295 e. The molecule has 176 valence electrons. The Bertz CT molecular complexity index is 1010. The Hall–Kier alpha value is -3.32. The molecule has 0 bridgehead atoms. The summed E-state index contributed by atoms with van der Waals surface area (Å²) in [5.74, 6) is -0.433. The lowest BCUT2D eigenvalue weighted by atomic mass is 9.95. The van der Waals surface area contributed by atoms with Crippen LogP contribution in [0, 0.1) is 0 Å². The molecule has 1 N–H and O–H groups in total. The maximum atomic E-state index is 13.1. The normalized spacial score (nSPS) is 17.6. The van der Waals surface area contributed by atoms with Crippen LogP contribution in [0.15, 0.2) is 54.1 Å². The minimum Gasteiger partial charge on any atom is -0.507 e. The molecule has 0 saturated carbocycles. The van der Waals surface area contributed by atoms with E-state index in [0.717, 1.165) is 19.6 Å². The van der Waals surface area contributed by atoms with Gasteiger partial charge in [-0.1, -0.05) is 50.2 Å². The molecule has 0 radical (unpaired) electrons. The summed E-state index contributed by atoms with van der Waals surface area (Å²) in [4.78, 5) is 30.0. The van der Waals surface area contributed by atoms with Crippen molar-refractivity contribution in [3.8, 4) is 11.5 Å². The zero-order valence-corrected chi connectivity index (χ0v) is 19.7. The standard InChI is InChI=1S/C26H32N2O5/c1-5-27(6-2)15-10-16-28-23(19-13-14-20(32-3)21(17-19)33-4)22(25(30)26(28)31)24(29)18-11-8-7-9-12-18/h7-9,11-14,17,23,29H,5-6,10,15-16H2,1-4H3/b24-22+/t23-/m0/s1. The van der Waals surface area contributed by atoms with Gasteiger partial charge in [0.1, 0.15) is 5.76 Å². The summed E-state index contributed by atoms with van der Waals surface area (Å²) in [5.41, 5.74) is 1.25. The van der Waals surface area contributed by atoms with Gasteiger partial charge in [0, 0.05) is 12.1 Å². The van der Waals surface area contributed by atoms with E-state index in [2.05, 4.69) is 18.7 Å². The number of ether oxygens (including phenoxy) is 2. The van der Waals surface area contributed by atoms with E-state index >= 15 is 0 Å². The molecule has 7 nitrogen and oxygen atoms in total. The second-order valence-corrected chi connectivity index (χ2v) is 7.85. The molecular weight excluding hydrogens is 420 g/mol. The van der Waals surface area contributed by atoms with Gasteiger partial charge in [-0.05, 0) is 43.8 Å². The van der Waals surface area contributed by atoms with Gasteiger partial charge in [0.25, 0.3) is 11.7 Å². The number of amides is 1. The number of hydrogen-bond donors (Lipinski definition) is 1. The number of carbonyl (C=O) groups is 2. The summed E-state index contributed by atoms with van der Waals surface area (Å²) in [6.07, 6.45) is 0.712. The highest BCUT2D eigenvalue weighted by Gasteiger charge is 2.46. The predicted octanol–water partition coefficient (Wildman–Crippen LogP) is 3.86. The average molecular weight is 453 g/mol. The highest BCUT2D eigenvalue weighted by molar-refractivity contribution is 6.46. The SMILES string of the molecule is CCN(CC)CCCN1C(=O)C(=O)/C(=C(/O)c2ccccc2)[C@@H]1c1ccc(OC)c(OC)c1. The molecule has 0 unspecified atom stereocenters. The highest BCUT2D eigenvalue weighted by Crippen LogP contribution is 2.41. The fourth-order valence-corrected chi connectivity index (χ4v) is 4.24. The molecule has 1 fully saturated rings. The van der Waals surface area contributed by atoms with Gasteiger partial charge in [0.2, 0.25) is 0 Å². The number of hydrogen-bond acceptors (Lipinski definition) is 6. The molecule has 1 amide bonds. The molecule has 0 aromatic heterocycles. The summed E-state index contributed by atoms with van der Waals surface area (Å²) in [5, 5.41) is 11.1. The smallest absolute Gasteiger partial charge is 0.295 e. The fraction of sp³-hybridized carbons (Fsp3) is 0.385. The molecule has 1 atom stereocenters. The monoisotopic (exact) mass is 452 g/mol. The van der Waals surface area contributed by atoms with Crippen molar-refractivity contribution < 1.29 is 24.2 Å². The average Bonchev–Trinajstić information content (AvgIpc) is 3.11. The van der Waals surface area contributed by atoms with Crippen molar-refractivity contribution in [1.82, 2.24) is 9.80 Å². The zero-order valence-electron chi connectivity index (χ0n) is 19.7. The number of carbonyl (C=O) groups excluding carboxylic acids is 2. The molecule has 1 aliphatic rings. The van der Waals surface area contributed by atoms with Gasteiger partial charge in [0.05, 0.1) is 25.8 Å². The number of benzene rings is 2. The highest BCUT2D eigenvalue weighted by atomic mass is 16.5. The van der Waals surface area contributed by atoms with E-state index in [4.69, 9.17) is 9.47 Å². The second-order valence-electron chi connectivity index (χ2n) is 7.85. The predicted molar refractivity (Wildman–Crippen MR) is 127 cm³/mol. The Balaban J connectivity index is 2.07. The van der Waals surface area contributed by atoms with Gasteiger partial charge >= 0.3 is 0 Å². The Morgan fingerprint density at radius 3 is 2.27 bits per heavy atom. The van der Waals surface area contributed by atoms with Crippen molar-refractivity contribution in [2.24, 2.45) is 0 Å². The van der Waals surface area contributed by atoms with E-state index in [9.17, 15) is 14.7 Å². The molecule has 33 heavy (non-hydrogen) atoms. The number of rotatable bonds is 10. The van der Waals surface area contributed by atoms with Crippen LogP contribution in [0.2, 0.25) is 0 Å². The second kappa shape index (κ2) is 11.0. The van der Waals surface area contributed by atoms with Crippen LogP contribution in [0.3, 0.4) is 0 Å². The minimum atomic E-state index is -0.721. The van der Waals surface area contributed by atoms with E-state index in [1.807, 2.05) is 6.07 Å². The summed E-state index contributed by atoms with van der Waals surface area (Å²) in [7, 11) is 3.08. The van der Waals surface area contributed by atoms with Crippen molar-refractivity contribution in [1.29, 1.82) is 0 Å². The molecule has 0 aliphatic carbocycles. The van der Waals surface area contributed by atoms with Crippen molar-refractivity contribution in [3.05, 3.63) is 65.2 Å². The third kappa shape index (κ3) is 5.03. The van der Waals surface area contributed by atoms with Crippen LogP contribution >= 0.6 is 0 Å². The van der Waals surface area contributed by atoms with E-state index in [1.165, 1.54) is 7.11 Å². The van der Waals surface area contributed by atoms with Crippen LogP contribution in [0.25, 0.3) is 5.76 Å². The lowest BCUT2D eigenvalue weighted by molar-refractivity contribution is -0.140. The third-order valence-electron chi connectivity index (χ3n) is 6.08. The summed E-state index contributed by atoms with van der Waals surface area (Å²) in [6.45, 7) is 7.24. The Morgan fingerprint density at radius 2 is 1.67 bits per heavy atom. The summed E-state index contributed by atoms with van der Waals surface area (Å²) < 4.78 is 10.8. The first-order chi connectivity index (χ1) is 16.0. The molecule has 1 saturated heterocycles. The molecule has 2 aromatic rings. The third-order valence-corrected chi connectivity index (χ3v) is 6.08. The number of likely N-dealkylation sites (tertiary alicyclic amines) is 1. The van der Waals surface area contributed by atoms with Gasteiger partial charge in [-0.15, -0.1) is 0 Å². The van der Waals surface area contributed by atoms with Gasteiger partial charge in [-0.2, -0.15) is 0 Å². The molecule has 1 aliphatic heterocycles. The maximum absolute atomic E-state index is 13.1. The number of ketones is 1. The largest absolute Gasteiger partial charge is 0.507 e. The molecule has 0 spiro atoms. The first-order valence-corrected chi connectivity index (χ1v) is 11.2. The van der Waals surface area contributed by atoms with Crippen molar-refractivity contribution in [2.45, 2.75) is 26.3 Å².